The highest BCUT2D eigenvalue weighted by Gasteiger charge is 2.23. The van der Waals surface area contributed by atoms with Crippen LogP contribution >= 0.6 is 0 Å². The molecular weight excluding hydrogens is 216 g/mol. The Morgan fingerprint density at radius 3 is 2.65 bits per heavy atom. The van der Waals surface area contributed by atoms with Gasteiger partial charge < -0.3 is 14.7 Å². The Bertz CT molecular complexity index is 198. The molecular formula is C13H28N2O2. The number of likely N-dealkylation sites (N-methyl/N-ethyl adjacent to an activating group) is 1. The number of hydrogen-bond donors (Lipinski definition) is 1. The van der Waals surface area contributed by atoms with Gasteiger partial charge in [-0.3, -0.25) is 4.90 Å². The average Bonchev–Trinajstić information content (AvgIpc) is 2.31. The third-order valence-corrected chi connectivity index (χ3v) is 3.63. The Morgan fingerprint density at radius 1 is 1.41 bits per heavy atom. The van der Waals surface area contributed by atoms with Gasteiger partial charge in [0.2, 0.25) is 0 Å². The normalized spacial score (nSPS) is 22.6. The van der Waals surface area contributed by atoms with E-state index in [1.807, 2.05) is 0 Å². The van der Waals surface area contributed by atoms with Crippen LogP contribution in [0.15, 0.2) is 0 Å². The highest BCUT2D eigenvalue weighted by molar-refractivity contribution is 4.77. The smallest absolute Gasteiger partial charge is 0.0829 e. The lowest BCUT2D eigenvalue weighted by Crippen LogP contribution is -2.49. The summed E-state index contributed by atoms with van der Waals surface area (Å²) < 4.78 is 5.80. The monoisotopic (exact) mass is 244 g/mol. The lowest BCUT2D eigenvalue weighted by atomic mass is 10.1. The Kier molecular flexibility index (Phi) is 7.04. The van der Waals surface area contributed by atoms with Crippen LogP contribution in [-0.4, -0.2) is 73.5 Å². The molecule has 0 aromatic heterocycles. The lowest BCUT2D eigenvalue weighted by molar-refractivity contribution is -0.0438. The molecule has 1 rings (SSSR count). The summed E-state index contributed by atoms with van der Waals surface area (Å²) in [5, 5.41) is 9.17. The van der Waals surface area contributed by atoms with E-state index < -0.39 is 0 Å². The molecule has 1 N–H and O–H groups in total. The van der Waals surface area contributed by atoms with Crippen molar-refractivity contribution in [3.8, 4) is 0 Å². The Hall–Kier alpha value is -0.160. The molecule has 1 heterocycles. The zero-order valence-electron chi connectivity index (χ0n) is 11.6. The minimum absolute atomic E-state index is 0.235. The maximum atomic E-state index is 9.17. The topological polar surface area (TPSA) is 35.9 Å². The van der Waals surface area contributed by atoms with Gasteiger partial charge in [-0.15, -0.1) is 0 Å². The van der Waals surface area contributed by atoms with Crippen LogP contribution in [0.4, 0.5) is 0 Å². The van der Waals surface area contributed by atoms with E-state index in [1.165, 1.54) is 0 Å². The van der Waals surface area contributed by atoms with E-state index in [0.29, 0.717) is 12.1 Å². The van der Waals surface area contributed by atoms with E-state index >= 15 is 0 Å². The summed E-state index contributed by atoms with van der Waals surface area (Å²) in [7, 11) is 2.14. The quantitative estimate of drug-likeness (QED) is 0.718. The first-order chi connectivity index (χ1) is 8.21. The lowest BCUT2D eigenvalue weighted by Gasteiger charge is -2.36. The summed E-state index contributed by atoms with van der Waals surface area (Å²) in [4.78, 5) is 4.70. The molecule has 0 bridgehead atoms. The molecule has 0 aromatic rings. The fourth-order valence-corrected chi connectivity index (χ4v) is 2.60. The van der Waals surface area contributed by atoms with Crippen LogP contribution in [0.25, 0.3) is 0 Å². The first-order valence-corrected chi connectivity index (χ1v) is 6.86. The number of aliphatic hydroxyl groups excluding tert-OH is 1. The summed E-state index contributed by atoms with van der Waals surface area (Å²) in [6.07, 6.45) is 2.57. The van der Waals surface area contributed by atoms with Gasteiger partial charge in [-0.05, 0) is 19.9 Å². The summed E-state index contributed by atoms with van der Waals surface area (Å²) in [5.74, 6) is 0. The van der Waals surface area contributed by atoms with Gasteiger partial charge in [0.1, 0.15) is 0 Å². The molecule has 0 radical (unpaired) electrons. The van der Waals surface area contributed by atoms with Gasteiger partial charge in [0, 0.05) is 32.2 Å². The number of hydrogen-bond acceptors (Lipinski definition) is 4. The first-order valence-electron chi connectivity index (χ1n) is 6.86. The number of ether oxygens (including phenoxy) is 1. The van der Waals surface area contributed by atoms with Gasteiger partial charge in [-0.25, -0.2) is 0 Å². The fourth-order valence-electron chi connectivity index (χ4n) is 2.60. The summed E-state index contributed by atoms with van der Waals surface area (Å²) in [6.45, 7) is 9.23. The number of morpholine rings is 1. The zero-order chi connectivity index (χ0) is 12.7. The molecule has 4 heteroatoms. The molecule has 1 aliphatic rings. The SMILES string of the molecule is CCC(CC)N(CCO)CC1CN(C)CCO1. The largest absolute Gasteiger partial charge is 0.395 e. The standard InChI is InChI=1S/C13H28N2O2/c1-4-12(5-2)15(6-8-16)11-13-10-14(3)7-9-17-13/h12-13,16H,4-11H2,1-3H3. The molecule has 0 aromatic carbocycles. The summed E-state index contributed by atoms with van der Waals surface area (Å²) in [5.41, 5.74) is 0. The van der Waals surface area contributed by atoms with Crippen LogP contribution in [0.2, 0.25) is 0 Å². The molecule has 102 valence electrons. The second-order valence-corrected chi connectivity index (χ2v) is 4.94. The molecule has 1 fully saturated rings. The van der Waals surface area contributed by atoms with Gasteiger partial charge >= 0.3 is 0 Å². The first kappa shape index (κ1) is 14.9. The van der Waals surface area contributed by atoms with Crippen molar-refractivity contribution in [3.63, 3.8) is 0 Å². The van der Waals surface area contributed by atoms with Crippen molar-refractivity contribution >= 4 is 0 Å². The third kappa shape index (κ3) is 4.92. The Labute approximate surface area is 106 Å². The van der Waals surface area contributed by atoms with Gasteiger partial charge in [0.15, 0.2) is 0 Å². The predicted octanol–water partition coefficient (Wildman–Crippen LogP) is 0.800. The highest BCUT2D eigenvalue weighted by atomic mass is 16.5. The number of aliphatic hydroxyl groups is 1. The van der Waals surface area contributed by atoms with Crippen molar-refractivity contribution in [3.05, 3.63) is 0 Å². The minimum Gasteiger partial charge on any atom is -0.395 e. The molecule has 0 saturated carbocycles. The van der Waals surface area contributed by atoms with Gasteiger partial charge in [0.05, 0.1) is 19.3 Å². The van der Waals surface area contributed by atoms with E-state index in [1.54, 1.807) is 0 Å². The second kappa shape index (κ2) is 8.03. The summed E-state index contributed by atoms with van der Waals surface area (Å²) in [6, 6.07) is 0.568. The van der Waals surface area contributed by atoms with E-state index in [2.05, 4.69) is 30.7 Å². The molecule has 1 unspecified atom stereocenters. The van der Waals surface area contributed by atoms with E-state index in [0.717, 1.165) is 45.6 Å². The average molecular weight is 244 g/mol. The van der Waals surface area contributed by atoms with Crippen molar-refractivity contribution in [2.24, 2.45) is 0 Å². The zero-order valence-corrected chi connectivity index (χ0v) is 11.6. The van der Waals surface area contributed by atoms with Crippen LogP contribution in [0.3, 0.4) is 0 Å². The summed E-state index contributed by atoms with van der Waals surface area (Å²) >= 11 is 0. The number of rotatable bonds is 7. The maximum absolute atomic E-state index is 9.17. The van der Waals surface area contributed by atoms with Crippen molar-refractivity contribution in [2.45, 2.75) is 38.8 Å². The van der Waals surface area contributed by atoms with Crippen LogP contribution in [0.5, 0.6) is 0 Å². The van der Waals surface area contributed by atoms with Crippen molar-refractivity contribution < 1.29 is 9.84 Å². The van der Waals surface area contributed by atoms with Crippen LogP contribution < -0.4 is 0 Å². The van der Waals surface area contributed by atoms with Gasteiger partial charge in [-0.1, -0.05) is 13.8 Å². The minimum atomic E-state index is 0.235. The van der Waals surface area contributed by atoms with Crippen LogP contribution in [-0.2, 0) is 4.74 Å². The molecule has 0 spiro atoms. The Balaban J connectivity index is 2.46. The van der Waals surface area contributed by atoms with Crippen molar-refractivity contribution in [1.82, 2.24) is 9.80 Å². The van der Waals surface area contributed by atoms with Crippen LogP contribution in [0.1, 0.15) is 26.7 Å². The van der Waals surface area contributed by atoms with E-state index in [-0.39, 0.29) is 6.61 Å². The molecule has 17 heavy (non-hydrogen) atoms. The van der Waals surface area contributed by atoms with E-state index in [9.17, 15) is 0 Å². The number of nitrogens with zero attached hydrogens (tertiary/aromatic N) is 2. The molecule has 0 aliphatic carbocycles. The highest BCUT2D eigenvalue weighted by Crippen LogP contribution is 2.12. The maximum Gasteiger partial charge on any atom is 0.0829 e. The predicted molar refractivity (Wildman–Crippen MR) is 70.3 cm³/mol. The second-order valence-electron chi connectivity index (χ2n) is 4.94. The fraction of sp³-hybridized carbons (Fsp3) is 1.00. The van der Waals surface area contributed by atoms with Crippen molar-refractivity contribution in [1.29, 1.82) is 0 Å². The van der Waals surface area contributed by atoms with Crippen LogP contribution in [0, 0.1) is 0 Å². The molecule has 1 aliphatic heterocycles. The molecule has 4 nitrogen and oxygen atoms in total. The van der Waals surface area contributed by atoms with Gasteiger partial charge in [-0.2, -0.15) is 0 Å². The molecule has 1 atom stereocenters. The Morgan fingerprint density at radius 2 is 2.12 bits per heavy atom. The van der Waals surface area contributed by atoms with Gasteiger partial charge in [0.25, 0.3) is 0 Å². The van der Waals surface area contributed by atoms with Crippen molar-refractivity contribution in [2.75, 3.05) is 46.4 Å². The molecule has 1 saturated heterocycles. The molecule has 0 amide bonds. The van der Waals surface area contributed by atoms with E-state index in [4.69, 9.17) is 9.84 Å². The third-order valence-electron chi connectivity index (χ3n) is 3.63.